The summed E-state index contributed by atoms with van der Waals surface area (Å²) < 4.78 is 23.1. The lowest BCUT2D eigenvalue weighted by Gasteiger charge is -2.56. The van der Waals surface area contributed by atoms with Crippen molar-refractivity contribution in [3.8, 4) is 0 Å². The van der Waals surface area contributed by atoms with Gasteiger partial charge in [0.2, 0.25) is 0 Å². The van der Waals surface area contributed by atoms with Crippen LogP contribution in [-0.2, 0) is 38.1 Å². The highest BCUT2D eigenvalue weighted by Gasteiger charge is 2.71. The summed E-state index contributed by atoms with van der Waals surface area (Å²) in [5.41, 5.74) is -1.49. The first kappa shape index (κ1) is 28.0. The van der Waals surface area contributed by atoms with Crippen LogP contribution in [0.3, 0.4) is 0 Å². The second-order valence-corrected chi connectivity index (χ2v) is 10.4. The molecule has 0 unspecified atom stereocenters. The number of hydrogen-bond donors (Lipinski definition) is 2. The molecule has 8 atom stereocenters. The van der Waals surface area contributed by atoms with Gasteiger partial charge in [-0.1, -0.05) is 18.6 Å². The number of ether oxygens (including phenoxy) is 4. The third-order valence-electron chi connectivity index (χ3n) is 7.67. The molecule has 36 heavy (non-hydrogen) atoms. The van der Waals surface area contributed by atoms with Gasteiger partial charge in [0.25, 0.3) is 0 Å². The number of esters is 3. The molecule has 3 rings (SSSR count). The molecule has 0 radical (unpaired) electrons. The van der Waals surface area contributed by atoms with Gasteiger partial charge in [0.05, 0.1) is 18.1 Å². The van der Waals surface area contributed by atoms with Gasteiger partial charge in [-0.15, -0.1) is 0 Å². The molecular formula is C26H36O10. The van der Waals surface area contributed by atoms with Crippen LogP contribution in [0, 0.1) is 11.3 Å². The van der Waals surface area contributed by atoms with Crippen LogP contribution in [0.25, 0.3) is 0 Å². The average Bonchev–Trinajstić information content (AvgIpc) is 3.12. The van der Waals surface area contributed by atoms with Crippen molar-refractivity contribution in [3.05, 3.63) is 22.8 Å². The first-order chi connectivity index (χ1) is 16.6. The Morgan fingerprint density at radius 3 is 2.14 bits per heavy atom. The van der Waals surface area contributed by atoms with Gasteiger partial charge in [-0.05, 0) is 31.9 Å². The lowest BCUT2D eigenvalue weighted by molar-refractivity contribution is -0.249. The minimum absolute atomic E-state index is 0.0463. The van der Waals surface area contributed by atoms with Crippen LogP contribution in [0.2, 0.25) is 0 Å². The van der Waals surface area contributed by atoms with Crippen molar-refractivity contribution >= 4 is 23.7 Å². The summed E-state index contributed by atoms with van der Waals surface area (Å²) in [5.74, 6) is -3.52. The molecule has 1 saturated carbocycles. The van der Waals surface area contributed by atoms with Crippen LogP contribution in [0.4, 0.5) is 0 Å². The molecule has 0 aromatic rings. The van der Waals surface area contributed by atoms with E-state index < -0.39 is 65.4 Å². The molecule has 0 aromatic carbocycles. The molecular weight excluding hydrogens is 472 g/mol. The lowest BCUT2D eigenvalue weighted by Crippen LogP contribution is -2.70. The normalized spacial score (nSPS) is 39.9. The summed E-state index contributed by atoms with van der Waals surface area (Å²) in [7, 11) is 0. The zero-order valence-corrected chi connectivity index (χ0v) is 21.8. The number of Topliss-reactive ketones (excluding diaryl/α,β-unsaturated/α-hetero) is 1. The Morgan fingerprint density at radius 2 is 1.61 bits per heavy atom. The van der Waals surface area contributed by atoms with Crippen LogP contribution in [0.15, 0.2) is 22.8 Å². The Bertz CT molecular complexity index is 1010. The van der Waals surface area contributed by atoms with Gasteiger partial charge in [-0.2, -0.15) is 0 Å². The Balaban J connectivity index is 2.42. The quantitative estimate of drug-likeness (QED) is 0.425. The molecule has 0 bridgehead atoms. The molecule has 2 fully saturated rings. The number of rotatable bonds is 3. The van der Waals surface area contributed by atoms with Crippen LogP contribution in [0.1, 0.15) is 61.3 Å². The third kappa shape index (κ3) is 4.73. The van der Waals surface area contributed by atoms with Crippen molar-refractivity contribution in [2.45, 2.75) is 97.4 Å². The van der Waals surface area contributed by atoms with Crippen molar-refractivity contribution < 1.29 is 48.3 Å². The number of ketones is 1. The van der Waals surface area contributed by atoms with Crippen molar-refractivity contribution in [1.29, 1.82) is 0 Å². The molecule has 0 amide bonds. The van der Waals surface area contributed by atoms with Gasteiger partial charge in [-0.3, -0.25) is 19.2 Å². The molecule has 1 aliphatic heterocycles. The number of allylic oxidation sites excluding steroid dienone is 2. The molecule has 200 valence electrons. The highest BCUT2D eigenvalue weighted by Crippen LogP contribution is 2.57. The second kappa shape index (κ2) is 10.1. The van der Waals surface area contributed by atoms with Gasteiger partial charge in [-0.25, -0.2) is 0 Å². The predicted molar refractivity (Wildman–Crippen MR) is 125 cm³/mol. The third-order valence-corrected chi connectivity index (χ3v) is 7.67. The standard InChI is InChI=1S/C26H36O10/c1-12(2)20-13(3)8-9-17(30)21-23-25(7,24(36-16(6)29)22(20)35-15(5)28)19(34-14(4)27)10-18(31)26(23,32)11-33-21/h8,18-19,21-24,31-32H,9-11H2,1-7H3/b13-8-/t18-,19+,21-,22-,23+,24+,25-,26+/m1/s1. The van der Waals surface area contributed by atoms with E-state index in [4.69, 9.17) is 18.9 Å². The van der Waals surface area contributed by atoms with Gasteiger partial charge in [0, 0.05) is 39.5 Å². The smallest absolute Gasteiger partial charge is 0.303 e. The highest BCUT2D eigenvalue weighted by atomic mass is 16.6. The van der Waals surface area contributed by atoms with E-state index in [1.807, 2.05) is 0 Å². The van der Waals surface area contributed by atoms with Gasteiger partial charge < -0.3 is 29.2 Å². The maximum Gasteiger partial charge on any atom is 0.303 e. The summed E-state index contributed by atoms with van der Waals surface area (Å²) >= 11 is 0. The molecule has 0 spiro atoms. The number of carbonyl (C=O) groups excluding carboxylic acids is 4. The molecule has 10 nitrogen and oxygen atoms in total. The Morgan fingerprint density at radius 1 is 1.03 bits per heavy atom. The highest BCUT2D eigenvalue weighted by molar-refractivity contribution is 5.86. The zero-order valence-electron chi connectivity index (χ0n) is 21.8. The lowest BCUT2D eigenvalue weighted by atomic mass is 9.53. The van der Waals surface area contributed by atoms with E-state index in [0.29, 0.717) is 11.1 Å². The van der Waals surface area contributed by atoms with Gasteiger partial charge >= 0.3 is 17.9 Å². The fourth-order valence-electron chi connectivity index (χ4n) is 6.24. The predicted octanol–water partition coefficient (Wildman–Crippen LogP) is 1.55. The van der Waals surface area contributed by atoms with E-state index in [1.165, 1.54) is 20.8 Å². The first-order valence-electron chi connectivity index (χ1n) is 12.1. The van der Waals surface area contributed by atoms with Crippen molar-refractivity contribution in [1.82, 2.24) is 0 Å². The zero-order chi connectivity index (χ0) is 27.2. The van der Waals surface area contributed by atoms with E-state index in [1.54, 1.807) is 33.8 Å². The van der Waals surface area contributed by atoms with Crippen molar-refractivity contribution in [2.24, 2.45) is 11.3 Å². The Hall–Kier alpha value is -2.56. The fraction of sp³-hybridized carbons (Fsp3) is 0.692. The van der Waals surface area contributed by atoms with E-state index in [9.17, 15) is 29.4 Å². The van der Waals surface area contributed by atoms with Crippen LogP contribution >= 0.6 is 0 Å². The number of carbonyl (C=O) groups is 4. The molecule has 1 saturated heterocycles. The monoisotopic (exact) mass is 508 g/mol. The van der Waals surface area contributed by atoms with E-state index >= 15 is 0 Å². The minimum Gasteiger partial charge on any atom is -0.462 e. The SMILES string of the molecule is CC(=O)O[C@@H]1C(=C(C)C)/C(C)=C\CC(=O)[C@H]2OC[C@]3(O)[C@H](O)C[C@H](OC(C)=O)[C@](C)([C@H]23)[C@H]1OC(C)=O. The van der Waals surface area contributed by atoms with Crippen LogP contribution < -0.4 is 0 Å². The topological polar surface area (TPSA) is 146 Å². The van der Waals surface area contributed by atoms with Gasteiger partial charge in [0.1, 0.15) is 17.8 Å². The molecule has 2 N–H and O–H groups in total. The molecule has 10 heteroatoms. The average molecular weight is 509 g/mol. The maximum atomic E-state index is 13.4. The van der Waals surface area contributed by atoms with Crippen molar-refractivity contribution in [2.75, 3.05) is 6.61 Å². The number of hydrogen-bond acceptors (Lipinski definition) is 10. The van der Waals surface area contributed by atoms with Gasteiger partial charge in [0.15, 0.2) is 18.0 Å². The Labute approximate surface area is 210 Å². The number of aliphatic hydroxyl groups excluding tert-OH is 1. The minimum atomic E-state index is -1.91. The molecule has 0 aromatic heterocycles. The Kier molecular flexibility index (Phi) is 7.83. The van der Waals surface area contributed by atoms with E-state index in [0.717, 1.165) is 5.57 Å². The van der Waals surface area contributed by atoms with E-state index in [-0.39, 0.29) is 25.2 Å². The summed E-state index contributed by atoms with van der Waals surface area (Å²) in [6.45, 7) is 10.2. The van der Waals surface area contributed by atoms with Crippen molar-refractivity contribution in [3.63, 3.8) is 0 Å². The second-order valence-electron chi connectivity index (χ2n) is 10.4. The summed E-state index contributed by atoms with van der Waals surface area (Å²) in [5, 5.41) is 22.7. The largest absolute Gasteiger partial charge is 0.462 e. The van der Waals surface area contributed by atoms with Crippen LogP contribution in [0.5, 0.6) is 0 Å². The summed E-state index contributed by atoms with van der Waals surface area (Å²) in [6, 6.07) is 0. The molecule has 1 heterocycles. The molecule has 3 aliphatic rings. The maximum absolute atomic E-state index is 13.4. The van der Waals surface area contributed by atoms with E-state index in [2.05, 4.69) is 0 Å². The fourth-order valence-corrected chi connectivity index (χ4v) is 6.24. The van der Waals surface area contributed by atoms with Crippen LogP contribution in [-0.4, -0.2) is 76.6 Å². The summed E-state index contributed by atoms with van der Waals surface area (Å²) in [6.07, 6.45) is -4.76. The summed E-state index contributed by atoms with van der Waals surface area (Å²) in [4.78, 5) is 50.4. The molecule has 2 aliphatic carbocycles. The first-order valence-corrected chi connectivity index (χ1v) is 12.1. The number of aliphatic hydroxyl groups is 2.